The lowest BCUT2D eigenvalue weighted by atomic mass is 10.0. The molecular weight excluding hydrogens is 386 g/mol. The van der Waals surface area contributed by atoms with Crippen molar-refractivity contribution in [1.29, 1.82) is 0 Å². The van der Waals surface area contributed by atoms with Crippen molar-refractivity contribution < 1.29 is 19.2 Å². The molecule has 28 heavy (non-hydrogen) atoms. The van der Waals surface area contributed by atoms with E-state index in [0.29, 0.717) is 12.2 Å². The van der Waals surface area contributed by atoms with Crippen LogP contribution in [0.4, 0.5) is 17.1 Å². The molecule has 146 valence electrons. The van der Waals surface area contributed by atoms with Crippen molar-refractivity contribution in [1.82, 2.24) is 0 Å². The molecule has 9 heteroatoms. The zero-order valence-electron chi connectivity index (χ0n) is 15.1. The maximum atomic E-state index is 12.6. The van der Waals surface area contributed by atoms with Crippen molar-refractivity contribution in [2.24, 2.45) is 0 Å². The molecule has 0 unspecified atom stereocenters. The number of halogens is 1. The van der Waals surface area contributed by atoms with Gasteiger partial charge in [0.2, 0.25) is 0 Å². The van der Waals surface area contributed by atoms with Crippen LogP contribution in [0.15, 0.2) is 36.4 Å². The number of hydrogen-bond acceptors (Lipinski definition) is 5. The number of carbonyl (C=O) groups excluding carboxylic acids is 2. The number of nitrogens with zero attached hydrogens (tertiary/aromatic N) is 2. The number of anilines is 2. The topological polar surface area (TPSA) is 102 Å². The lowest BCUT2D eigenvalue weighted by Gasteiger charge is -2.29. The number of methoxy groups -OCH3 is 1. The molecule has 0 aromatic heterocycles. The van der Waals surface area contributed by atoms with E-state index in [-0.39, 0.29) is 28.8 Å². The summed E-state index contributed by atoms with van der Waals surface area (Å²) in [5, 5.41) is 14.1. The molecule has 3 rings (SSSR count). The molecule has 8 nitrogen and oxygen atoms in total. The second-order valence-corrected chi connectivity index (χ2v) is 6.73. The summed E-state index contributed by atoms with van der Waals surface area (Å²) in [5.74, 6) is -0.757. The molecule has 0 spiro atoms. The van der Waals surface area contributed by atoms with Gasteiger partial charge >= 0.3 is 0 Å². The average molecular weight is 404 g/mol. The molecule has 0 bridgehead atoms. The molecule has 0 saturated heterocycles. The summed E-state index contributed by atoms with van der Waals surface area (Å²) in [6, 6.07) is 9.01. The first kappa shape index (κ1) is 19.8. The minimum atomic E-state index is -0.628. The predicted octanol–water partition coefficient (Wildman–Crippen LogP) is 3.43. The fourth-order valence-corrected chi connectivity index (χ4v) is 3.36. The minimum Gasteiger partial charge on any atom is -0.375 e. The first-order valence-corrected chi connectivity index (χ1v) is 8.96. The van der Waals surface area contributed by atoms with Crippen LogP contribution >= 0.6 is 11.6 Å². The van der Waals surface area contributed by atoms with Crippen molar-refractivity contribution >= 4 is 40.5 Å². The fourth-order valence-electron chi connectivity index (χ4n) is 3.18. The van der Waals surface area contributed by atoms with E-state index in [1.807, 2.05) is 0 Å². The fraction of sp³-hybridized carbons (Fsp3) is 0.263. The Bertz CT molecular complexity index is 947. The van der Waals surface area contributed by atoms with E-state index >= 15 is 0 Å². The zero-order valence-corrected chi connectivity index (χ0v) is 15.9. The van der Waals surface area contributed by atoms with Crippen LogP contribution in [0, 0.1) is 10.1 Å². The summed E-state index contributed by atoms with van der Waals surface area (Å²) in [7, 11) is 1.47. The third kappa shape index (κ3) is 4.13. The molecule has 1 N–H and O–H groups in total. The quantitative estimate of drug-likeness (QED) is 0.608. The highest BCUT2D eigenvalue weighted by atomic mass is 35.5. The van der Waals surface area contributed by atoms with E-state index < -0.39 is 10.8 Å². The van der Waals surface area contributed by atoms with E-state index in [1.165, 1.54) is 25.3 Å². The van der Waals surface area contributed by atoms with Crippen LogP contribution in [0.5, 0.6) is 0 Å². The molecule has 0 saturated carbocycles. The van der Waals surface area contributed by atoms with E-state index in [0.717, 1.165) is 24.1 Å². The van der Waals surface area contributed by atoms with Crippen molar-refractivity contribution in [3.05, 3.63) is 62.7 Å². The highest BCUT2D eigenvalue weighted by Crippen LogP contribution is 2.30. The average Bonchev–Trinajstić information content (AvgIpc) is 2.67. The molecule has 0 radical (unpaired) electrons. The summed E-state index contributed by atoms with van der Waals surface area (Å²) >= 11 is 5.88. The third-order valence-corrected chi connectivity index (χ3v) is 4.66. The number of nitro benzene ring substituents is 1. The van der Waals surface area contributed by atoms with Crippen molar-refractivity contribution in [3.8, 4) is 0 Å². The second kappa shape index (κ2) is 8.37. The maximum absolute atomic E-state index is 12.6. The van der Waals surface area contributed by atoms with Gasteiger partial charge < -0.3 is 15.0 Å². The first-order chi connectivity index (χ1) is 13.4. The Labute approximate surface area is 166 Å². The lowest BCUT2D eigenvalue weighted by Crippen LogP contribution is -2.37. The summed E-state index contributed by atoms with van der Waals surface area (Å²) < 4.78 is 4.92. The SMILES string of the molecule is COCC(=O)N1CCCc2cc(NC(=O)c3cc(Cl)ccc3[N+](=O)[O-])ccc21. The van der Waals surface area contributed by atoms with Gasteiger partial charge in [-0.15, -0.1) is 0 Å². The van der Waals surface area contributed by atoms with E-state index in [2.05, 4.69) is 5.32 Å². The molecular formula is C19H18ClN3O5. The highest BCUT2D eigenvalue weighted by Gasteiger charge is 2.24. The Morgan fingerprint density at radius 2 is 2.07 bits per heavy atom. The van der Waals surface area contributed by atoms with Crippen LogP contribution in [0.25, 0.3) is 0 Å². The normalized spacial score (nSPS) is 13.0. The second-order valence-electron chi connectivity index (χ2n) is 6.30. The number of rotatable bonds is 5. The van der Waals surface area contributed by atoms with Gasteiger partial charge in [0, 0.05) is 36.1 Å². The molecule has 2 amide bonds. The van der Waals surface area contributed by atoms with E-state index in [9.17, 15) is 19.7 Å². The molecule has 0 fully saturated rings. The molecule has 1 heterocycles. The number of nitro groups is 1. The molecule has 1 aliphatic rings. The molecule has 0 atom stereocenters. The summed E-state index contributed by atoms with van der Waals surface area (Å²) in [6.07, 6.45) is 1.55. The molecule has 0 aliphatic carbocycles. The first-order valence-electron chi connectivity index (χ1n) is 8.58. The third-order valence-electron chi connectivity index (χ3n) is 4.42. The van der Waals surface area contributed by atoms with Gasteiger partial charge in [0.25, 0.3) is 17.5 Å². The Kier molecular flexibility index (Phi) is 5.91. The number of hydrogen-bond donors (Lipinski definition) is 1. The number of ether oxygens (including phenoxy) is 1. The zero-order chi connectivity index (χ0) is 20.3. The number of aryl methyl sites for hydroxylation is 1. The monoisotopic (exact) mass is 403 g/mol. The molecule has 2 aromatic carbocycles. The van der Waals surface area contributed by atoms with Gasteiger partial charge in [-0.2, -0.15) is 0 Å². The summed E-state index contributed by atoms with van der Waals surface area (Å²) in [6.45, 7) is 0.603. The standard InChI is InChI=1S/C19H18ClN3O5/c1-28-11-18(24)22-8-2-3-12-9-14(5-7-16(12)22)21-19(25)15-10-13(20)4-6-17(15)23(26)27/h4-7,9-10H,2-3,8,11H2,1H3,(H,21,25). The maximum Gasteiger partial charge on any atom is 0.282 e. The summed E-state index contributed by atoms with van der Waals surface area (Å²) in [5.41, 5.74) is 1.73. The number of nitrogens with one attached hydrogen (secondary N) is 1. The van der Waals surface area contributed by atoms with Gasteiger partial charge in [0.15, 0.2) is 0 Å². The Morgan fingerprint density at radius 1 is 1.29 bits per heavy atom. The Morgan fingerprint density at radius 3 is 2.79 bits per heavy atom. The van der Waals surface area contributed by atoms with Gasteiger partial charge in [-0.3, -0.25) is 19.7 Å². The van der Waals surface area contributed by atoms with Crippen LogP contribution in [0.1, 0.15) is 22.3 Å². The van der Waals surface area contributed by atoms with Crippen LogP contribution < -0.4 is 10.2 Å². The van der Waals surface area contributed by atoms with Gasteiger partial charge in [0.05, 0.1) is 4.92 Å². The van der Waals surface area contributed by atoms with Crippen LogP contribution in [-0.2, 0) is 16.0 Å². The van der Waals surface area contributed by atoms with Crippen LogP contribution in [0.2, 0.25) is 5.02 Å². The lowest BCUT2D eigenvalue weighted by molar-refractivity contribution is -0.385. The Balaban J connectivity index is 1.85. The van der Waals surface area contributed by atoms with Gasteiger partial charge in [0.1, 0.15) is 12.2 Å². The van der Waals surface area contributed by atoms with Gasteiger partial charge in [-0.1, -0.05) is 11.6 Å². The van der Waals surface area contributed by atoms with E-state index in [4.69, 9.17) is 16.3 Å². The largest absolute Gasteiger partial charge is 0.375 e. The molecule has 2 aromatic rings. The number of carbonyl (C=O) groups is 2. The van der Waals surface area contributed by atoms with E-state index in [1.54, 1.807) is 23.1 Å². The smallest absolute Gasteiger partial charge is 0.282 e. The van der Waals surface area contributed by atoms with Crippen molar-refractivity contribution in [2.75, 3.05) is 30.5 Å². The number of benzene rings is 2. The van der Waals surface area contributed by atoms with Gasteiger partial charge in [-0.25, -0.2) is 0 Å². The predicted molar refractivity (Wildman–Crippen MR) is 105 cm³/mol. The summed E-state index contributed by atoms with van der Waals surface area (Å²) in [4.78, 5) is 37.0. The van der Waals surface area contributed by atoms with Crippen molar-refractivity contribution in [3.63, 3.8) is 0 Å². The number of amides is 2. The minimum absolute atomic E-state index is 0.00361. The molecule has 1 aliphatic heterocycles. The number of fused-ring (bicyclic) bond motifs is 1. The van der Waals surface area contributed by atoms with Crippen molar-refractivity contribution in [2.45, 2.75) is 12.8 Å². The Hall–Kier alpha value is -2.97. The van der Waals surface area contributed by atoms with Crippen LogP contribution in [0.3, 0.4) is 0 Å². The van der Waals surface area contributed by atoms with Gasteiger partial charge in [-0.05, 0) is 48.7 Å². The van der Waals surface area contributed by atoms with Crippen LogP contribution in [-0.4, -0.2) is 37.0 Å². The highest BCUT2D eigenvalue weighted by molar-refractivity contribution is 6.31.